The number of unbranched alkanes of at least 4 members (excludes halogenated alkanes) is 4. The molecule has 2 fully saturated rings. The molecule has 0 aliphatic carbocycles. The molecular formula is C13H22N2O4. The van der Waals surface area contributed by atoms with Gasteiger partial charge in [0.25, 0.3) is 0 Å². The van der Waals surface area contributed by atoms with Gasteiger partial charge in [0, 0.05) is 6.42 Å². The first-order chi connectivity index (χ1) is 9.16. The van der Waals surface area contributed by atoms with E-state index in [1.54, 1.807) is 0 Å². The highest BCUT2D eigenvalue weighted by atomic mass is 16.5. The summed E-state index contributed by atoms with van der Waals surface area (Å²) in [6.07, 6.45) is 6.33. The van der Waals surface area contributed by atoms with Crippen LogP contribution >= 0.6 is 0 Å². The number of amides is 2. The van der Waals surface area contributed by atoms with Crippen molar-refractivity contribution in [2.75, 3.05) is 6.61 Å². The second kappa shape index (κ2) is 6.75. The average molecular weight is 270 g/mol. The SMILES string of the molecule is O=C(O)CCCCCCCC1OCC2NC(=O)NC21. The number of carboxylic acid groups (broad SMARTS) is 1. The van der Waals surface area contributed by atoms with Crippen LogP contribution in [0.2, 0.25) is 0 Å². The number of hydrogen-bond donors (Lipinski definition) is 3. The molecule has 2 aliphatic rings. The van der Waals surface area contributed by atoms with Gasteiger partial charge in [0.2, 0.25) is 0 Å². The molecule has 0 radical (unpaired) electrons. The van der Waals surface area contributed by atoms with E-state index in [1.807, 2.05) is 0 Å². The van der Waals surface area contributed by atoms with Gasteiger partial charge in [-0.1, -0.05) is 25.7 Å². The molecule has 0 aromatic heterocycles. The quantitative estimate of drug-likeness (QED) is 0.579. The van der Waals surface area contributed by atoms with Crippen molar-refractivity contribution in [2.24, 2.45) is 0 Å². The molecule has 3 unspecified atom stereocenters. The molecule has 2 saturated heterocycles. The highest BCUT2D eigenvalue weighted by Gasteiger charge is 2.42. The topological polar surface area (TPSA) is 87.7 Å². The lowest BCUT2D eigenvalue weighted by Crippen LogP contribution is -2.37. The number of fused-ring (bicyclic) bond motifs is 1. The fraction of sp³-hybridized carbons (Fsp3) is 0.846. The number of nitrogens with one attached hydrogen (secondary N) is 2. The molecule has 0 aromatic rings. The molecule has 3 atom stereocenters. The van der Waals surface area contributed by atoms with Crippen molar-refractivity contribution in [1.82, 2.24) is 10.6 Å². The van der Waals surface area contributed by atoms with E-state index in [0.29, 0.717) is 6.61 Å². The fourth-order valence-electron chi connectivity index (χ4n) is 2.80. The lowest BCUT2D eigenvalue weighted by molar-refractivity contribution is -0.137. The van der Waals surface area contributed by atoms with Gasteiger partial charge in [0.15, 0.2) is 0 Å². The Morgan fingerprint density at radius 2 is 1.95 bits per heavy atom. The molecule has 2 amide bonds. The Kier molecular flexibility index (Phi) is 5.01. The van der Waals surface area contributed by atoms with Crippen LogP contribution in [-0.2, 0) is 9.53 Å². The number of ether oxygens (including phenoxy) is 1. The minimum Gasteiger partial charge on any atom is -0.481 e. The monoisotopic (exact) mass is 270 g/mol. The first-order valence-electron chi connectivity index (χ1n) is 7.07. The Morgan fingerprint density at radius 1 is 1.21 bits per heavy atom. The van der Waals surface area contributed by atoms with Crippen LogP contribution in [0.25, 0.3) is 0 Å². The summed E-state index contributed by atoms with van der Waals surface area (Å²) >= 11 is 0. The first-order valence-corrected chi connectivity index (χ1v) is 7.07. The second-order valence-electron chi connectivity index (χ2n) is 5.32. The predicted molar refractivity (Wildman–Crippen MR) is 68.9 cm³/mol. The Labute approximate surface area is 112 Å². The van der Waals surface area contributed by atoms with Crippen molar-refractivity contribution in [3.05, 3.63) is 0 Å². The van der Waals surface area contributed by atoms with Gasteiger partial charge in [-0.25, -0.2) is 4.79 Å². The smallest absolute Gasteiger partial charge is 0.315 e. The largest absolute Gasteiger partial charge is 0.481 e. The maximum atomic E-state index is 11.2. The molecule has 2 heterocycles. The van der Waals surface area contributed by atoms with Gasteiger partial charge in [-0.3, -0.25) is 4.79 Å². The van der Waals surface area contributed by atoms with Gasteiger partial charge in [0.05, 0.1) is 24.8 Å². The summed E-state index contributed by atoms with van der Waals surface area (Å²) in [4.78, 5) is 21.5. The van der Waals surface area contributed by atoms with E-state index in [1.165, 1.54) is 0 Å². The highest BCUT2D eigenvalue weighted by molar-refractivity contribution is 5.77. The van der Waals surface area contributed by atoms with Crippen molar-refractivity contribution < 1.29 is 19.4 Å². The van der Waals surface area contributed by atoms with Crippen LogP contribution in [0.15, 0.2) is 0 Å². The van der Waals surface area contributed by atoms with Gasteiger partial charge >= 0.3 is 12.0 Å². The van der Waals surface area contributed by atoms with E-state index in [-0.39, 0.29) is 30.6 Å². The summed E-state index contributed by atoms with van der Waals surface area (Å²) in [7, 11) is 0. The third kappa shape index (κ3) is 4.09. The Balaban J connectivity index is 1.52. The van der Waals surface area contributed by atoms with Gasteiger partial charge in [-0.15, -0.1) is 0 Å². The van der Waals surface area contributed by atoms with E-state index < -0.39 is 5.97 Å². The zero-order chi connectivity index (χ0) is 13.7. The summed E-state index contributed by atoms with van der Waals surface area (Å²) in [5.74, 6) is -0.713. The molecule has 2 aliphatic heterocycles. The van der Waals surface area contributed by atoms with E-state index in [2.05, 4.69) is 10.6 Å². The molecule has 3 N–H and O–H groups in total. The summed E-state index contributed by atoms with van der Waals surface area (Å²) in [6.45, 7) is 0.604. The third-order valence-electron chi connectivity index (χ3n) is 3.82. The first kappa shape index (κ1) is 14.1. The molecule has 108 valence electrons. The minimum absolute atomic E-state index is 0.0861. The maximum Gasteiger partial charge on any atom is 0.315 e. The number of carbonyl (C=O) groups is 2. The lowest BCUT2D eigenvalue weighted by atomic mass is 10.0. The molecule has 19 heavy (non-hydrogen) atoms. The number of carboxylic acids is 1. The van der Waals surface area contributed by atoms with Crippen molar-refractivity contribution in [3.63, 3.8) is 0 Å². The van der Waals surface area contributed by atoms with Gasteiger partial charge < -0.3 is 20.5 Å². The zero-order valence-corrected chi connectivity index (χ0v) is 11.1. The Bertz CT molecular complexity index is 335. The molecule has 0 spiro atoms. The van der Waals surface area contributed by atoms with E-state index in [9.17, 15) is 9.59 Å². The van der Waals surface area contributed by atoms with Crippen LogP contribution in [0.4, 0.5) is 4.79 Å². The number of hydrogen-bond acceptors (Lipinski definition) is 3. The van der Waals surface area contributed by atoms with Crippen LogP contribution in [-0.4, -0.2) is 41.9 Å². The lowest BCUT2D eigenvalue weighted by Gasteiger charge is -2.16. The number of urea groups is 1. The molecule has 6 nitrogen and oxygen atoms in total. The fourth-order valence-corrected chi connectivity index (χ4v) is 2.80. The van der Waals surface area contributed by atoms with E-state index in [4.69, 9.17) is 9.84 Å². The normalized spacial score (nSPS) is 28.8. The predicted octanol–water partition coefficient (Wildman–Crippen LogP) is 1.25. The van der Waals surface area contributed by atoms with Gasteiger partial charge in [-0.05, 0) is 12.8 Å². The summed E-state index contributed by atoms with van der Waals surface area (Å²) in [5, 5.41) is 14.3. The van der Waals surface area contributed by atoms with Crippen molar-refractivity contribution in [2.45, 2.75) is 63.1 Å². The molecule has 2 rings (SSSR count). The van der Waals surface area contributed by atoms with Gasteiger partial charge in [0.1, 0.15) is 0 Å². The van der Waals surface area contributed by atoms with Crippen molar-refractivity contribution in [3.8, 4) is 0 Å². The Hall–Kier alpha value is -1.30. The van der Waals surface area contributed by atoms with Crippen LogP contribution < -0.4 is 10.6 Å². The van der Waals surface area contributed by atoms with Crippen LogP contribution in [0.3, 0.4) is 0 Å². The van der Waals surface area contributed by atoms with Gasteiger partial charge in [-0.2, -0.15) is 0 Å². The molecular weight excluding hydrogens is 248 g/mol. The zero-order valence-electron chi connectivity index (χ0n) is 11.1. The maximum absolute atomic E-state index is 11.2. The number of carbonyl (C=O) groups excluding carboxylic acids is 1. The summed E-state index contributed by atoms with van der Waals surface area (Å²) in [6, 6.07) is 0.171. The van der Waals surface area contributed by atoms with Crippen molar-refractivity contribution >= 4 is 12.0 Å². The molecule has 0 aromatic carbocycles. The van der Waals surface area contributed by atoms with E-state index >= 15 is 0 Å². The van der Waals surface area contributed by atoms with Crippen LogP contribution in [0, 0.1) is 0 Å². The second-order valence-corrected chi connectivity index (χ2v) is 5.32. The molecule has 0 saturated carbocycles. The minimum atomic E-state index is -0.713. The van der Waals surface area contributed by atoms with E-state index in [0.717, 1.165) is 38.5 Å². The number of rotatable bonds is 8. The molecule has 0 bridgehead atoms. The molecule has 6 heteroatoms. The Morgan fingerprint density at radius 3 is 2.74 bits per heavy atom. The third-order valence-corrected chi connectivity index (χ3v) is 3.82. The standard InChI is InChI=1S/C13H22N2O4/c16-11(17)7-5-3-1-2-4-6-10-12-9(8-19-10)14-13(18)15-12/h9-10,12H,1-8H2,(H,16,17)(H2,14,15,18). The average Bonchev–Trinajstić information content (AvgIpc) is 2.87. The van der Waals surface area contributed by atoms with Crippen LogP contribution in [0.5, 0.6) is 0 Å². The van der Waals surface area contributed by atoms with Crippen LogP contribution in [0.1, 0.15) is 44.9 Å². The van der Waals surface area contributed by atoms with Crippen molar-refractivity contribution in [1.29, 1.82) is 0 Å². The number of aliphatic carboxylic acids is 1. The summed E-state index contributed by atoms with van der Waals surface area (Å²) < 4.78 is 5.67. The summed E-state index contributed by atoms with van der Waals surface area (Å²) in [5.41, 5.74) is 0. The highest BCUT2D eigenvalue weighted by Crippen LogP contribution is 2.23.